The molecule has 75 heavy (non-hydrogen) atoms. The highest BCUT2D eigenvalue weighted by molar-refractivity contribution is 5.76. The Morgan fingerprint density at radius 2 is 0.667 bits per heavy atom. The van der Waals surface area contributed by atoms with E-state index >= 15 is 0 Å². The van der Waals surface area contributed by atoms with Crippen LogP contribution in [0.25, 0.3) is 0 Å². The minimum atomic E-state index is -0.843. The van der Waals surface area contributed by atoms with E-state index in [0.29, 0.717) is 19.4 Å². The molecule has 2 atom stereocenters. The van der Waals surface area contributed by atoms with Crippen LogP contribution in [-0.4, -0.2) is 47.4 Å². The van der Waals surface area contributed by atoms with Gasteiger partial charge in [0.1, 0.15) is 0 Å². The van der Waals surface area contributed by atoms with Gasteiger partial charge in [-0.05, 0) is 64.2 Å². The molecule has 0 aromatic heterocycles. The second-order valence-corrected chi connectivity index (χ2v) is 23.2. The van der Waals surface area contributed by atoms with Gasteiger partial charge in [0.25, 0.3) is 0 Å². The van der Waals surface area contributed by atoms with Crippen molar-refractivity contribution in [3.05, 3.63) is 36.5 Å². The lowest BCUT2D eigenvalue weighted by Crippen LogP contribution is -2.45. The maximum atomic E-state index is 12.5. The van der Waals surface area contributed by atoms with Gasteiger partial charge in [0.15, 0.2) is 0 Å². The van der Waals surface area contributed by atoms with Gasteiger partial charge in [0, 0.05) is 12.8 Å². The standard InChI is InChI=1S/C69H131NO5/c1-3-5-7-9-11-13-15-17-19-33-37-41-45-49-53-57-61-67(72)66(65-71)70-68(73)62-58-54-50-46-42-38-34-31-29-27-25-23-21-22-24-26-28-30-32-36-40-44-48-52-56-60-64-75-69(74)63-59-55-51-47-43-39-35-20-18-16-14-12-10-8-6-4-2/h14,16,20,35,57,61,66-67,71-72H,3-13,15,17-19,21-34,36-56,58-60,62-65H2,1-2H3,(H,70,73)/b16-14-,35-20-,61-57+. The molecular formula is C69H131NO5. The summed E-state index contributed by atoms with van der Waals surface area (Å²) in [5.41, 5.74) is 0. The highest BCUT2D eigenvalue weighted by Crippen LogP contribution is 2.18. The first kappa shape index (κ1) is 73.1. The van der Waals surface area contributed by atoms with Gasteiger partial charge in [-0.1, -0.05) is 326 Å². The molecule has 442 valence electrons. The molecule has 0 radical (unpaired) electrons. The summed E-state index contributed by atoms with van der Waals surface area (Å²) in [6.07, 6.45) is 82.1. The average molecular weight is 1050 g/mol. The third-order valence-corrected chi connectivity index (χ3v) is 15.7. The third kappa shape index (κ3) is 61.2. The lowest BCUT2D eigenvalue weighted by atomic mass is 10.0. The Kier molecular flexibility index (Phi) is 63.0. The van der Waals surface area contributed by atoms with Gasteiger partial charge in [0.05, 0.1) is 25.4 Å². The van der Waals surface area contributed by atoms with E-state index in [0.717, 1.165) is 51.4 Å². The number of amides is 1. The van der Waals surface area contributed by atoms with Crippen molar-refractivity contribution in [1.29, 1.82) is 0 Å². The van der Waals surface area contributed by atoms with Crippen molar-refractivity contribution in [2.45, 2.75) is 379 Å². The Morgan fingerprint density at radius 1 is 0.373 bits per heavy atom. The number of carbonyl (C=O) groups excluding carboxylic acids is 2. The number of aliphatic hydroxyl groups is 2. The summed E-state index contributed by atoms with van der Waals surface area (Å²) in [5, 5.41) is 23.2. The lowest BCUT2D eigenvalue weighted by Gasteiger charge is -2.20. The molecule has 0 saturated heterocycles. The fraction of sp³-hybridized carbons (Fsp3) is 0.884. The van der Waals surface area contributed by atoms with Gasteiger partial charge in [-0.25, -0.2) is 0 Å². The van der Waals surface area contributed by atoms with Crippen LogP contribution in [0.1, 0.15) is 367 Å². The van der Waals surface area contributed by atoms with E-state index in [1.54, 1.807) is 6.08 Å². The zero-order chi connectivity index (χ0) is 54.3. The zero-order valence-electron chi connectivity index (χ0n) is 50.5. The molecule has 0 saturated carbocycles. The number of unbranched alkanes of at least 4 members (excludes halogenated alkanes) is 48. The maximum absolute atomic E-state index is 12.5. The third-order valence-electron chi connectivity index (χ3n) is 15.7. The summed E-state index contributed by atoms with van der Waals surface area (Å²) in [5.74, 6) is -0.0601. The van der Waals surface area contributed by atoms with E-state index < -0.39 is 12.1 Å². The van der Waals surface area contributed by atoms with E-state index in [9.17, 15) is 19.8 Å². The number of nitrogens with one attached hydrogen (secondary N) is 1. The highest BCUT2D eigenvalue weighted by Gasteiger charge is 2.18. The van der Waals surface area contributed by atoms with E-state index in [1.807, 2.05) is 6.08 Å². The second-order valence-electron chi connectivity index (χ2n) is 23.2. The smallest absolute Gasteiger partial charge is 0.305 e. The number of allylic oxidation sites excluding steroid dienone is 5. The van der Waals surface area contributed by atoms with Crippen LogP contribution in [0.4, 0.5) is 0 Å². The van der Waals surface area contributed by atoms with Gasteiger partial charge in [-0.15, -0.1) is 0 Å². The largest absolute Gasteiger partial charge is 0.466 e. The summed E-state index contributed by atoms with van der Waals surface area (Å²) < 4.78 is 5.49. The van der Waals surface area contributed by atoms with E-state index in [4.69, 9.17) is 4.74 Å². The Bertz CT molecular complexity index is 1210. The normalized spacial score (nSPS) is 12.7. The van der Waals surface area contributed by atoms with Crippen LogP contribution in [0.2, 0.25) is 0 Å². The number of aliphatic hydroxyl groups excluding tert-OH is 2. The lowest BCUT2D eigenvalue weighted by molar-refractivity contribution is -0.143. The predicted octanol–water partition coefficient (Wildman–Crippen LogP) is 21.5. The summed E-state index contributed by atoms with van der Waals surface area (Å²) in [6, 6.07) is -0.626. The van der Waals surface area contributed by atoms with Crippen LogP contribution in [-0.2, 0) is 14.3 Å². The number of esters is 1. The van der Waals surface area contributed by atoms with Crippen molar-refractivity contribution < 1.29 is 24.5 Å². The van der Waals surface area contributed by atoms with Crippen LogP contribution < -0.4 is 5.32 Å². The first-order chi connectivity index (χ1) is 37.0. The highest BCUT2D eigenvalue weighted by atomic mass is 16.5. The topological polar surface area (TPSA) is 95.9 Å². The molecule has 0 heterocycles. The van der Waals surface area contributed by atoms with Crippen LogP contribution in [0.15, 0.2) is 36.5 Å². The van der Waals surface area contributed by atoms with E-state index in [1.165, 1.54) is 289 Å². The quantitative estimate of drug-likeness (QED) is 0.0320. The molecule has 0 rings (SSSR count). The molecule has 0 bridgehead atoms. The van der Waals surface area contributed by atoms with Crippen molar-refractivity contribution in [1.82, 2.24) is 5.32 Å². The summed E-state index contributed by atoms with van der Waals surface area (Å²) >= 11 is 0. The molecule has 0 aliphatic heterocycles. The van der Waals surface area contributed by atoms with E-state index in [-0.39, 0.29) is 18.5 Å². The Morgan fingerprint density at radius 3 is 1.03 bits per heavy atom. The predicted molar refractivity (Wildman–Crippen MR) is 329 cm³/mol. The van der Waals surface area contributed by atoms with Crippen molar-refractivity contribution in [3.8, 4) is 0 Å². The molecule has 0 aliphatic rings. The molecule has 6 nitrogen and oxygen atoms in total. The van der Waals surface area contributed by atoms with Crippen LogP contribution in [0.3, 0.4) is 0 Å². The summed E-state index contributed by atoms with van der Waals surface area (Å²) in [7, 11) is 0. The van der Waals surface area contributed by atoms with Gasteiger partial charge < -0.3 is 20.3 Å². The summed E-state index contributed by atoms with van der Waals surface area (Å²) in [4.78, 5) is 24.6. The number of rotatable bonds is 63. The molecule has 1 amide bonds. The minimum absolute atomic E-state index is 0.00363. The van der Waals surface area contributed by atoms with Gasteiger partial charge in [0.2, 0.25) is 5.91 Å². The van der Waals surface area contributed by atoms with Crippen molar-refractivity contribution >= 4 is 11.9 Å². The Hall–Kier alpha value is -1.92. The van der Waals surface area contributed by atoms with Crippen LogP contribution >= 0.6 is 0 Å². The van der Waals surface area contributed by atoms with Crippen LogP contribution in [0.5, 0.6) is 0 Å². The van der Waals surface area contributed by atoms with Crippen molar-refractivity contribution in [2.75, 3.05) is 13.2 Å². The molecule has 0 fully saturated rings. The first-order valence-electron chi connectivity index (χ1n) is 33.8. The molecule has 3 N–H and O–H groups in total. The Balaban J connectivity index is 3.38. The zero-order valence-corrected chi connectivity index (χ0v) is 50.5. The molecule has 0 aromatic rings. The SMILES string of the molecule is CCCCCC/C=C\C/C=C\CCCCCCCC(=O)OCCCCCCCCCCCCCCCCCCCCCCCCCCCCC(=O)NC(CO)C(O)/C=C/CCCCCCCCCCCCCCCC. The molecule has 0 spiro atoms. The first-order valence-corrected chi connectivity index (χ1v) is 33.8. The number of hydrogen-bond donors (Lipinski definition) is 3. The Labute approximate surface area is 468 Å². The van der Waals surface area contributed by atoms with E-state index in [2.05, 4.69) is 43.5 Å². The number of hydrogen-bond acceptors (Lipinski definition) is 5. The fourth-order valence-electron chi connectivity index (χ4n) is 10.5. The van der Waals surface area contributed by atoms with Crippen molar-refractivity contribution in [3.63, 3.8) is 0 Å². The van der Waals surface area contributed by atoms with Gasteiger partial charge >= 0.3 is 5.97 Å². The second kappa shape index (κ2) is 64.6. The average Bonchev–Trinajstić information content (AvgIpc) is 3.41. The molecule has 0 aliphatic carbocycles. The van der Waals surface area contributed by atoms with Crippen molar-refractivity contribution in [2.24, 2.45) is 0 Å². The summed E-state index contributed by atoms with van der Waals surface area (Å²) in [6.45, 7) is 4.91. The fourth-order valence-corrected chi connectivity index (χ4v) is 10.5. The maximum Gasteiger partial charge on any atom is 0.305 e. The van der Waals surface area contributed by atoms with Gasteiger partial charge in [-0.3, -0.25) is 9.59 Å². The van der Waals surface area contributed by atoms with Gasteiger partial charge in [-0.2, -0.15) is 0 Å². The number of ether oxygens (including phenoxy) is 1. The monoisotopic (exact) mass is 1050 g/mol. The molecule has 2 unspecified atom stereocenters. The molecule has 6 heteroatoms. The molecule has 0 aromatic carbocycles. The minimum Gasteiger partial charge on any atom is -0.466 e. The number of carbonyl (C=O) groups is 2. The van der Waals surface area contributed by atoms with Crippen LogP contribution in [0, 0.1) is 0 Å². The molecular weight excluding hydrogens is 923 g/mol.